The Morgan fingerprint density at radius 1 is 1.36 bits per heavy atom. The summed E-state index contributed by atoms with van der Waals surface area (Å²) in [5.41, 5.74) is 2.22. The van der Waals surface area contributed by atoms with Gasteiger partial charge in [0.25, 0.3) is 0 Å². The van der Waals surface area contributed by atoms with Gasteiger partial charge < -0.3 is 10.1 Å². The third-order valence-corrected chi connectivity index (χ3v) is 4.76. The molecule has 0 bridgehead atoms. The topological polar surface area (TPSA) is 73.2 Å². The molecule has 1 aliphatic heterocycles. The number of fused-ring (bicyclic) bond motifs is 1. The first kappa shape index (κ1) is 17.8. The molecule has 0 saturated carbocycles. The number of amides is 1. The van der Waals surface area contributed by atoms with Crippen molar-refractivity contribution in [1.29, 1.82) is 0 Å². The Bertz CT molecular complexity index is 828. The third-order valence-electron chi connectivity index (χ3n) is 4.10. The average molecular weight is 382 g/mol. The molecule has 1 aromatic carbocycles. The predicted octanol–water partition coefficient (Wildman–Crippen LogP) is 3.54. The van der Waals surface area contributed by atoms with Crippen LogP contribution in [0.4, 0.5) is 5.82 Å². The zero-order valence-electron chi connectivity index (χ0n) is 13.8. The molecular formula is C17H17Cl2N3O3. The molecule has 2 aromatic rings. The van der Waals surface area contributed by atoms with Gasteiger partial charge in [-0.05, 0) is 31.5 Å². The molecule has 0 fully saturated rings. The molecule has 1 aliphatic rings. The highest BCUT2D eigenvalue weighted by Gasteiger charge is 2.34. The van der Waals surface area contributed by atoms with E-state index in [-0.39, 0.29) is 31.4 Å². The average Bonchev–Trinajstić information content (AvgIpc) is 2.83. The first-order valence-corrected chi connectivity index (χ1v) is 8.64. The molecule has 0 radical (unpaired) electrons. The van der Waals surface area contributed by atoms with Crippen LogP contribution in [0.2, 0.25) is 10.0 Å². The maximum absolute atomic E-state index is 12.3. The van der Waals surface area contributed by atoms with Crippen molar-refractivity contribution >= 4 is 40.9 Å². The number of carbonyl (C=O) groups is 2. The van der Waals surface area contributed by atoms with Crippen LogP contribution in [0, 0.1) is 6.92 Å². The number of aryl methyl sites for hydroxylation is 1. The summed E-state index contributed by atoms with van der Waals surface area (Å²) in [6.07, 6.45) is 0.211. The van der Waals surface area contributed by atoms with Crippen LogP contribution in [-0.2, 0) is 20.9 Å². The number of carbonyl (C=O) groups excluding carboxylic acids is 2. The number of benzene rings is 1. The van der Waals surface area contributed by atoms with Gasteiger partial charge in [0, 0.05) is 27.9 Å². The molecule has 1 N–H and O–H groups in total. The molecular weight excluding hydrogens is 365 g/mol. The first-order valence-electron chi connectivity index (χ1n) is 7.89. The van der Waals surface area contributed by atoms with Gasteiger partial charge in [0.2, 0.25) is 5.91 Å². The molecule has 3 rings (SSSR count). The van der Waals surface area contributed by atoms with Crippen LogP contribution in [0.3, 0.4) is 0 Å². The normalized spacial score (nSPS) is 16.3. The molecule has 1 unspecified atom stereocenters. The van der Waals surface area contributed by atoms with E-state index in [1.54, 1.807) is 25.1 Å². The number of aromatic nitrogens is 2. The third kappa shape index (κ3) is 3.37. The molecule has 6 nitrogen and oxygen atoms in total. The number of nitrogens with zero attached hydrogens (tertiary/aromatic N) is 2. The second kappa shape index (κ2) is 7.06. The fourth-order valence-corrected chi connectivity index (χ4v) is 3.81. The smallest absolute Gasteiger partial charge is 0.327 e. The summed E-state index contributed by atoms with van der Waals surface area (Å²) < 4.78 is 6.42. The van der Waals surface area contributed by atoms with E-state index in [2.05, 4.69) is 10.4 Å². The maximum atomic E-state index is 12.3. The van der Waals surface area contributed by atoms with Crippen LogP contribution >= 0.6 is 23.2 Å². The number of nitrogens with one attached hydrogen (secondary N) is 1. The standard InChI is InChI=1S/C17H17Cl2N3O3/c1-3-25-14(24)8-22-17-15(9(2)21-22)10(7-13(23)20-17)16-11(18)5-4-6-12(16)19/h4-6,10H,3,7-8H2,1-2H3,(H,20,23). The lowest BCUT2D eigenvalue weighted by atomic mass is 9.85. The molecule has 132 valence electrons. The minimum atomic E-state index is -0.417. The lowest BCUT2D eigenvalue weighted by Crippen LogP contribution is -2.26. The zero-order valence-corrected chi connectivity index (χ0v) is 15.3. The van der Waals surface area contributed by atoms with Crippen LogP contribution in [0.15, 0.2) is 18.2 Å². The van der Waals surface area contributed by atoms with E-state index in [0.29, 0.717) is 27.1 Å². The minimum Gasteiger partial charge on any atom is -0.465 e. The summed E-state index contributed by atoms with van der Waals surface area (Å²) in [6.45, 7) is 3.77. The van der Waals surface area contributed by atoms with Crippen molar-refractivity contribution in [1.82, 2.24) is 9.78 Å². The van der Waals surface area contributed by atoms with Crippen molar-refractivity contribution in [2.75, 3.05) is 11.9 Å². The Morgan fingerprint density at radius 2 is 2.04 bits per heavy atom. The van der Waals surface area contributed by atoms with Gasteiger partial charge in [0.15, 0.2) is 0 Å². The fraction of sp³-hybridized carbons (Fsp3) is 0.353. The quantitative estimate of drug-likeness (QED) is 0.821. The fourth-order valence-electron chi connectivity index (χ4n) is 3.15. The van der Waals surface area contributed by atoms with E-state index in [4.69, 9.17) is 27.9 Å². The summed E-state index contributed by atoms with van der Waals surface area (Å²) in [7, 11) is 0. The van der Waals surface area contributed by atoms with Gasteiger partial charge in [0.05, 0.1) is 12.3 Å². The molecule has 0 saturated heterocycles. The highest BCUT2D eigenvalue weighted by atomic mass is 35.5. The van der Waals surface area contributed by atoms with E-state index < -0.39 is 5.97 Å². The molecule has 1 amide bonds. The number of hydrogen-bond acceptors (Lipinski definition) is 4. The number of esters is 1. The van der Waals surface area contributed by atoms with Crippen LogP contribution < -0.4 is 5.32 Å². The second-order valence-corrected chi connectivity index (χ2v) is 6.56. The summed E-state index contributed by atoms with van der Waals surface area (Å²) in [4.78, 5) is 24.1. The van der Waals surface area contributed by atoms with Crippen molar-refractivity contribution in [3.05, 3.63) is 45.1 Å². The Labute approximate surface area is 155 Å². The number of anilines is 1. The highest BCUT2D eigenvalue weighted by molar-refractivity contribution is 6.36. The van der Waals surface area contributed by atoms with E-state index in [9.17, 15) is 9.59 Å². The SMILES string of the molecule is CCOC(=O)Cn1nc(C)c2c1NC(=O)CC2c1c(Cl)cccc1Cl. The van der Waals surface area contributed by atoms with Crippen molar-refractivity contribution in [3.63, 3.8) is 0 Å². The highest BCUT2D eigenvalue weighted by Crippen LogP contribution is 2.44. The molecule has 2 heterocycles. The summed E-state index contributed by atoms with van der Waals surface area (Å²) in [5, 5.41) is 8.19. The second-order valence-electron chi connectivity index (χ2n) is 5.75. The van der Waals surface area contributed by atoms with Gasteiger partial charge >= 0.3 is 5.97 Å². The van der Waals surface area contributed by atoms with Gasteiger partial charge in [-0.25, -0.2) is 4.68 Å². The zero-order chi connectivity index (χ0) is 18.1. The monoisotopic (exact) mass is 381 g/mol. The molecule has 25 heavy (non-hydrogen) atoms. The molecule has 1 atom stereocenters. The number of halogens is 2. The van der Waals surface area contributed by atoms with Crippen molar-refractivity contribution < 1.29 is 14.3 Å². The Hall–Kier alpha value is -2.05. The van der Waals surface area contributed by atoms with Crippen molar-refractivity contribution in [3.8, 4) is 0 Å². The van der Waals surface area contributed by atoms with E-state index in [0.717, 1.165) is 5.56 Å². The maximum Gasteiger partial charge on any atom is 0.327 e. The first-order chi connectivity index (χ1) is 11.9. The van der Waals surface area contributed by atoms with Gasteiger partial charge in [-0.15, -0.1) is 0 Å². The largest absolute Gasteiger partial charge is 0.465 e. The van der Waals surface area contributed by atoms with Crippen LogP contribution in [0.5, 0.6) is 0 Å². The van der Waals surface area contributed by atoms with Crippen molar-refractivity contribution in [2.45, 2.75) is 32.7 Å². The lowest BCUT2D eigenvalue weighted by molar-refractivity contribution is -0.144. The molecule has 8 heteroatoms. The summed E-state index contributed by atoms with van der Waals surface area (Å²) >= 11 is 12.7. The predicted molar refractivity (Wildman–Crippen MR) is 95.1 cm³/mol. The summed E-state index contributed by atoms with van der Waals surface area (Å²) in [5.74, 6) is -0.429. The van der Waals surface area contributed by atoms with E-state index in [1.807, 2.05) is 6.92 Å². The summed E-state index contributed by atoms with van der Waals surface area (Å²) in [6, 6.07) is 5.25. The molecule has 1 aromatic heterocycles. The van der Waals surface area contributed by atoms with E-state index >= 15 is 0 Å². The Kier molecular flexibility index (Phi) is 5.01. The number of rotatable bonds is 4. The molecule has 0 spiro atoms. The lowest BCUT2D eigenvalue weighted by Gasteiger charge is -2.25. The van der Waals surface area contributed by atoms with E-state index in [1.165, 1.54) is 4.68 Å². The Balaban J connectivity index is 2.08. The Morgan fingerprint density at radius 3 is 2.68 bits per heavy atom. The van der Waals surface area contributed by atoms with Crippen LogP contribution in [0.1, 0.15) is 36.1 Å². The van der Waals surface area contributed by atoms with Crippen LogP contribution in [-0.4, -0.2) is 28.3 Å². The number of hydrogen-bond donors (Lipinski definition) is 1. The number of ether oxygens (including phenoxy) is 1. The van der Waals surface area contributed by atoms with Gasteiger partial charge in [-0.3, -0.25) is 9.59 Å². The minimum absolute atomic E-state index is 0.0761. The van der Waals surface area contributed by atoms with Gasteiger partial charge in [0.1, 0.15) is 12.4 Å². The van der Waals surface area contributed by atoms with Crippen LogP contribution in [0.25, 0.3) is 0 Å². The molecule has 0 aliphatic carbocycles. The van der Waals surface area contributed by atoms with Gasteiger partial charge in [-0.1, -0.05) is 29.3 Å². The van der Waals surface area contributed by atoms with Gasteiger partial charge in [-0.2, -0.15) is 5.10 Å². The van der Waals surface area contributed by atoms with Crippen molar-refractivity contribution in [2.24, 2.45) is 0 Å².